The Bertz CT molecular complexity index is 517. The minimum absolute atomic E-state index is 0.299. The molecular weight excluding hydrogens is 216 g/mol. The molecule has 1 aliphatic heterocycles. The van der Waals surface area contributed by atoms with Crippen LogP contribution < -0.4 is 5.32 Å². The van der Waals surface area contributed by atoms with E-state index < -0.39 is 0 Å². The molecule has 1 aliphatic rings. The number of hydrogen-bond donors (Lipinski definition) is 1. The summed E-state index contributed by atoms with van der Waals surface area (Å²) in [5.41, 5.74) is 2.42. The van der Waals surface area contributed by atoms with E-state index in [0.717, 1.165) is 35.8 Å². The van der Waals surface area contributed by atoms with E-state index in [2.05, 4.69) is 20.4 Å². The molecular formula is C12H14N4O. The standard InChI is InChI=1S/C12H14N4O/c1-8-12(15-6-5-13-8)10-7-11(17-16-10)9-3-2-4-14-9/h5-7,9,14H,2-4H2,1H3. The first-order chi connectivity index (χ1) is 8.34. The molecule has 0 saturated carbocycles. The lowest BCUT2D eigenvalue weighted by atomic mass is 10.1. The Hall–Kier alpha value is -1.75. The molecule has 0 spiro atoms. The van der Waals surface area contributed by atoms with Crippen LogP contribution in [0.15, 0.2) is 23.0 Å². The van der Waals surface area contributed by atoms with Crippen molar-refractivity contribution in [1.82, 2.24) is 20.4 Å². The van der Waals surface area contributed by atoms with Crippen LogP contribution >= 0.6 is 0 Å². The molecule has 2 aromatic rings. The summed E-state index contributed by atoms with van der Waals surface area (Å²) in [5.74, 6) is 0.891. The van der Waals surface area contributed by atoms with Crippen LogP contribution in [0.4, 0.5) is 0 Å². The maximum Gasteiger partial charge on any atom is 0.154 e. The van der Waals surface area contributed by atoms with Crippen LogP contribution in [0.3, 0.4) is 0 Å². The lowest BCUT2D eigenvalue weighted by Crippen LogP contribution is -2.11. The molecule has 1 atom stereocenters. The number of aromatic nitrogens is 3. The van der Waals surface area contributed by atoms with Crippen molar-refractivity contribution >= 4 is 0 Å². The van der Waals surface area contributed by atoms with Gasteiger partial charge >= 0.3 is 0 Å². The first-order valence-electron chi connectivity index (χ1n) is 5.82. The summed E-state index contributed by atoms with van der Waals surface area (Å²) in [7, 11) is 0. The summed E-state index contributed by atoms with van der Waals surface area (Å²) < 4.78 is 5.38. The lowest BCUT2D eigenvalue weighted by molar-refractivity contribution is 0.353. The van der Waals surface area contributed by atoms with Crippen LogP contribution in [0.25, 0.3) is 11.4 Å². The molecule has 3 rings (SSSR count). The van der Waals surface area contributed by atoms with Crippen LogP contribution in [0.5, 0.6) is 0 Å². The zero-order valence-electron chi connectivity index (χ0n) is 9.68. The van der Waals surface area contributed by atoms with Gasteiger partial charge in [0.2, 0.25) is 0 Å². The second-order valence-corrected chi connectivity index (χ2v) is 4.25. The van der Waals surface area contributed by atoms with Gasteiger partial charge in [-0.3, -0.25) is 9.97 Å². The molecule has 17 heavy (non-hydrogen) atoms. The van der Waals surface area contributed by atoms with E-state index in [0.29, 0.717) is 6.04 Å². The van der Waals surface area contributed by atoms with E-state index in [-0.39, 0.29) is 0 Å². The fourth-order valence-corrected chi connectivity index (χ4v) is 2.15. The monoisotopic (exact) mass is 230 g/mol. The average molecular weight is 230 g/mol. The first kappa shape index (κ1) is 10.4. The van der Waals surface area contributed by atoms with Gasteiger partial charge < -0.3 is 9.84 Å². The molecule has 88 valence electrons. The van der Waals surface area contributed by atoms with E-state index in [1.807, 2.05) is 13.0 Å². The van der Waals surface area contributed by atoms with Crippen molar-refractivity contribution in [2.24, 2.45) is 0 Å². The first-order valence-corrected chi connectivity index (χ1v) is 5.82. The van der Waals surface area contributed by atoms with Gasteiger partial charge in [0.05, 0.1) is 11.7 Å². The SMILES string of the molecule is Cc1nccnc1-c1cc(C2CCCN2)on1. The summed E-state index contributed by atoms with van der Waals surface area (Å²) in [5, 5.41) is 7.46. The Kier molecular flexibility index (Phi) is 2.60. The lowest BCUT2D eigenvalue weighted by Gasteiger charge is -2.02. The molecule has 0 aliphatic carbocycles. The Labute approximate surface area is 99.3 Å². The average Bonchev–Trinajstić information content (AvgIpc) is 3.00. The Morgan fingerprint density at radius 2 is 2.24 bits per heavy atom. The number of nitrogens with zero attached hydrogens (tertiary/aromatic N) is 3. The molecule has 0 amide bonds. The third-order valence-electron chi connectivity index (χ3n) is 3.06. The van der Waals surface area contributed by atoms with Crippen LogP contribution in [0.1, 0.15) is 30.3 Å². The fourth-order valence-electron chi connectivity index (χ4n) is 2.15. The van der Waals surface area contributed by atoms with Crippen LogP contribution in [-0.4, -0.2) is 21.7 Å². The molecule has 0 bridgehead atoms. The summed E-state index contributed by atoms with van der Waals surface area (Å²) in [6, 6.07) is 2.26. The second kappa shape index (κ2) is 4.25. The molecule has 1 saturated heterocycles. The smallest absolute Gasteiger partial charge is 0.154 e. The van der Waals surface area contributed by atoms with E-state index in [1.54, 1.807) is 12.4 Å². The third-order valence-corrected chi connectivity index (χ3v) is 3.06. The number of aryl methyl sites for hydroxylation is 1. The van der Waals surface area contributed by atoms with Gasteiger partial charge in [-0.1, -0.05) is 5.16 Å². The second-order valence-electron chi connectivity index (χ2n) is 4.25. The van der Waals surface area contributed by atoms with Gasteiger partial charge in [-0.15, -0.1) is 0 Å². The third kappa shape index (κ3) is 1.93. The van der Waals surface area contributed by atoms with Crippen LogP contribution in [0.2, 0.25) is 0 Å². The molecule has 1 N–H and O–H groups in total. The molecule has 0 aromatic carbocycles. The predicted octanol–water partition coefficient (Wildman–Crippen LogP) is 1.86. The summed E-state index contributed by atoms with van der Waals surface area (Å²) in [4.78, 5) is 8.49. The Balaban J connectivity index is 1.92. The highest BCUT2D eigenvalue weighted by Crippen LogP contribution is 2.27. The van der Waals surface area contributed by atoms with Crippen molar-refractivity contribution in [2.45, 2.75) is 25.8 Å². The van der Waals surface area contributed by atoms with Crippen molar-refractivity contribution in [3.05, 3.63) is 29.9 Å². The minimum Gasteiger partial charge on any atom is -0.359 e. The quantitative estimate of drug-likeness (QED) is 0.853. The van der Waals surface area contributed by atoms with E-state index in [1.165, 1.54) is 6.42 Å². The topological polar surface area (TPSA) is 63.8 Å². The van der Waals surface area contributed by atoms with Gasteiger partial charge in [0.25, 0.3) is 0 Å². The van der Waals surface area contributed by atoms with E-state index >= 15 is 0 Å². The molecule has 1 fully saturated rings. The maximum atomic E-state index is 5.38. The zero-order valence-corrected chi connectivity index (χ0v) is 9.68. The number of rotatable bonds is 2. The largest absolute Gasteiger partial charge is 0.359 e. The van der Waals surface area contributed by atoms with Gasteiger partial charge in [0.1, 0.15) is 11.4 Å². The van der Waals surface area contributed by atoms with Crippen molar-refractivity contribution < 1.29 is 4.52 Å². The van der Waals surface area contributed by atoms with Crippen molar-refractivity contribution in [3.63, 3.8) is 0 Å². The predicted molar refractivity (Wildman–Crippen MR) is 62.2 cm³/mol. The highest BCUT2D eigenvalue weighted by Gasteiger charge is 2.21. The summed E-state index contributed by atoms with van der Waals surface area (Å²) >= 11 is 0. The summed E-state index contributed by atoms with van der Waals surface area (Å²) in [6.45, 7) is 2.97. The molecule has 1 unspecified atom stereocenters. The van der Waals surface area contributed by atoms with Gasteiger partial charge in [-0.25, -0.2) is 0 Å². The summed E-state index contributed by atoms with van der Waals surface area (Å²) in [6.07, 6.45) is 5.64. The number of hydrogen-bond acceptors (Lipinski definition) is 5. The maximum absolute atomic E-state index is 5.38. The van der Waals surface area contributed by atoms with Crippen molar-refractivity contribution in [3.8, 4) is 11.4 Å². The van der Waals surface area contributed by atoms with Gasteiger partial charge in [-0.2, -0.15) is 0 Å². The van der Waals surface area contributed by atoms with Crippen molar-refractivity contribution in [1.29, 1.82) is 0 Å². The Morgan fingerprint density at radius 1 is 1.35 bits per heavy atom. The molecule has 3 heterocycles. The highest BCUT2D eigenvalue weighted by atomic mass is 16.5. The normalized spacial score (nSPS) is 19.7. The minimum atomic E-state index is 0.299. The molecule has 5 nitrogen and oxygen atoms in total. The Morgan fingerprint density at radius 3 is 3.00 bits per heavy atom. The highest BCUT2D eigenvalue weighted by molar-refractivity contribution is 5.56. The van der Waals surface area contributed by atoms with E-state index in [9.17, 15) is 0 Å². The fraction of sp³-hybridized carbons (Fsp3) is 0.417. The zero-order chi connectivity index (χ0) is 11.7. The van der Waals surface area contributed by atoms with Gasteiger partial charge in [0.15, 0.2) is 5.76 Å². The molecule has 0 radical (unpaired) electrons. The van der Waals surface area contributed by atoms with Gasteiger partial charge in [0, 0.05) is 18.5 Å². The van der Waals surface area contributed by atoms with Crippen molar-refractivity contribution in [2.75, 3.05) is 6.54 Å². The van der Waals surface area contributed by atoms with Crippen LogP contribution in [0, 0.1) is 6.92 Å². The molecule has 2 aromatic heterocycles. The van der Waals surface area contributed by atoms with Gasteiger partial charge in [-0.05, 0) is 26.3 Å². The van der Waals surface area contributed by atoms with Crippen LogP contribution in [-0.2, 0) is 0 Å². The number of nitrogens with one attached hydrogen (secondary N) is 1. The molecule has 5 heteroatoms. The van der Waals surface area contributed by atoms with E-state index in [4.69, 9.17) is 4.52 Å².